The number of aliphatic carboxylic acids is 1. The van der Waals surface area contributed by atoms with Crippen molar-refractivity contribution in [3.63, 3.8) is 0 Å². The Labute approximate surface area is 62.5 Å². The van der Waals surface area contributed by atoms with Crippen molar-refractivity contribution in [2.24, 2.45) is 5.73 Å². The molecule has 0 aliphatic heterocycles. The highest BCUT2D eigenvalue weighted by atomic mass is 31.0. The molecule has 10 heavy (non-hydrogen) atoms. The fourth-order valence-electron chi connectivity index (χ4n) is 0.446. The minimum atomic E-state index is -0.988. The fraction of sp³-hybridized carbons (Fsp3) is 0.500. The number of nitrogens with two attached hydrogens (primary N) is 1. The zero-order valence-corrected chi connectivity index (χ0v) is 7.03. The quantitative estimate of drug-likeness (QED) is 0.459. The molecule has 0 spiro atoms. The number of hydrogen-bond acceptors (Lipinski definition) is 2. The molecule has 0 aromatic heterocycles. The van der Waals surface area contributed by atoms with Gasteiger partial charge in [0.2, 0.25) is 0 Å². The molecule has 0 saturated carbocycles. The van der Waals surface area contributed by atoms with Crippen molar-refractivity contribution in [2.45, 2.75) is 13.0 Å². The first-order chi connectivity index (χ1) is 4.57. The number of allylic oxidation sites excluding steroid dienone is 1. The van der Waals surface area contributed by atoms with Crippen LogP contribution in [0.1, 0.15) is 6.92 Å². The molecule has 3 N–H and O–H groups in total. The molecule has 0 bridgehead atoms. The third-order valence-electron chi connectivity index (χ3n) is 1.07. The second-order valence-corrected chi connectivity index (χ2v) is 2.49. The van der Waals surface area contributed by atoms with E-state index in [0.717, 1.165) is 11.7 Å². The maximum atomic E-state index is 10.2. The molecule has 0 heterocycles. The van der Waals surface area contributed by atoms with E-state index < -0.39 is 12.0 Å². The van der Waals surface area contributed by atoms with Gasteiger partial charge in [0.05, 0.1) is 0 Å². The van der Waals surface area contributed by atoms with E-state index in [1.54, 1.807) is 0 Å². The maximum Gasteiger partial charge on any atom is 0.324 e. The monoisotopic (exact) mass is 161 g/mol. The molecule has 3 nitrogen and oxygen atoms in total. The van der Waals surface area contributed by atoms with Gasteiger partial charge in [0, 0.05) is 0 Å². The average Bonchev–Trinajstić information content (AvgIpc) is 1.87. The smallest absolute Gasteiger partial charge is 0.324 e. The third-order valence-corrected chi connectivity index (χ3v) is 1.72. The van der Waals surface area contributed by atoms with Crippen molar-refractivity contribution < 1.29 is 9.90 Å². The average molecular weight is 161 g/mol. The molecule has 0 aromatic rings. The minimum Gasteiger partial charge on any atom is -0.480 e. The van der Waals surface area contributed by atoms with E-state index in [9.17, 15) is 4.79 Å². The van der Waals surface area contributed by atoms with E-state index >= 15 is 0 Å². The molecule has 2 atom stereocenters. The van der Waals surface area contributed by atoms with Crippen molar-refractivity contribution in [2.75, 3.05) is 6.16 Å². The van der Waals surface area contributed by atoms with E-state index in [1.807, 2.05) is 6.92 Å². The largest absolute Gasteiger partial charge is 0.480 e. The van der Waals surface area contributed by atoms with Gasteiger partial charge in [-0.15, -0.1) is 9.24 Å². The van der Waals surface area contributed by atoms with Crippen LogP contribution in [0, 0.1) is 0 Å². The first-order valence-corrected chi connectivity index (χ1v) is 3.75. The van der Waals surface area contributed by atoms with Crippen LogP contribution in [-0.4, -0.2) is 23.3 Å². The summed E-state index contributed by atoms with van der Waals surface area (Å²) in [5, 5.41) is 8.35. The van der Waals surface area contributed by atoms with Gasteiger partial charge in [-0.1, -0.05) is 11.6 Å². The first-order valence-electron chi connectivity index (χ1n) is 2.93. The number of hydrogen-bond donors (Lipinski definition) is 2. The van der Waals surface area contributed by atoms with Crippen molar-refractivity contribution in [3.05, 3.63) is 11.6 Å². The van der Waals surface area contributed by atoms with Crippen molar-refractivity contribution >= 4 is 15.2 Å². The van der Waals surface area contributed by atoms with Crippen LogP contribution in [0.4, 0.5) is 0 Å². The summed E-state index contributed by atoms with van der Waals surface area (Å²) >= 11 is 0. The van der Waals surface area contributed by atoms with E-state index in [-0.39, 0.29) is 0 Å². The second kappa shape index (κ2) is 4.42. The Hall–Kier alpha value is -0.400. The van der Waals surface area contributed by atoms with Gasteiger partial charge in [-0.3, -0.25) is 4.79 Å². The van der Waals surface area contributed by atoms with Gasteiger partial charge in [0.25, 0.3) is 0 Å². The number of carboxylic acid groups (broad SMARTS) is 1. The summed E-state index contributed by atoms with van der Waals surface area (Å²) in [6.45, 7) is 1.84. The normalized spacial score (nSPS) is 14.9. The molecular formula is C6H12NO2P. The summed E-state index contributed by atoms with van der Waals surface area (Å²) in [6.07, 6.45) is 2.30. The summed E-state index contributed by atoms with van der Waals surface area (Å²) < 4.78 is 0. The highest BCUT2D eigenvalue weighted by Gasteiger charge is 2.06. The van der Waals surface area contributed by atoms with Gasteiger partial charge in [0.15, 0.2) is 0 Å². The maximum absolute atomic E-state index is 10.2. The van der Waals surface area contributed by atoms with Gasteiger partial charge < -0.3 is 10.8 Å². The Kier molecular flexibility index (Phi) is 4.24. The summed E-state index contributed by atoms with van der Waals surface area (Å²) in [7, 11) is 2.50. The highest BCUT2D eigenvalue weighted by Crippen LogP contribution is 1.98. The molecule has 0 aliphatic rings. The Morgan fingerprint density at radius 3 is 2.70 bits per heavy atom. The Bertz CT molecular complexity index is 156. The molecule has 58 valence electrons. The predicted octanol–water partition coefficient (Wildman–Crippen LogP) is 0.220. The molecule has 2 unspecified atom stereocenters. The van der Waals surface area contributed by atoms with Crippen LogP contribution in [0.15, 0.2) is 11.6 Å². The Morgan fingerprint density at radius 2 is 2.40 bits per heavy atom. The fourth-order valence-corrected chi connectivity index (χ4v) is 0.582. The Balaban J connectivity index is 3.99. The lowest BCUT2D eigenvalue weighted by Crippen LogP contribution is -2.27. The summed E-state index contributed by atoms with van der Waals surface area (Å²) in [4.78, 5) is 10.2. The molecule has 0 amide bonds. The van der Waals surface area contributed by atoms with Crippen LogP contribution in [0.5, 0.6) is 0 Å². The van der Waals surface area contributed by atoms with Crippen LogP contribution in [0.2, 0.25) is 0 Å². The molecule has 0 aromatic carbocycles. The highest BCUT2D eigenvalue weighted by molar-refractivity contribution is 7.16. The van der Waals surface area contributed by atoms with Gasteiger partial charge in [0.1, 0.15) is 6.04 Å². The van der Waals surface area contributed by atoms with Gasteiger partial charge in [-0.25, -0.2) is 0 Å². The van der Waals surface area contributed by atoms with E-state index in [4.69, 9.17) is 10.8 Å². The topological polar surface area (TPSA) is 63.3 Å². The van der Waals surface area contributed by atoms with Crippen LogP contribution >= 0.6 is 9.24 Å². The zero-order chi connectivity index (χ0) is 8.15. The van der Waals surface area contributed by atoms with Crippen molar-refractivity contribution in [1.29, 1.82) is 0 Å². The van der Waals surface area contributed by atoms with E-state index in [1.165, 1.54) is 6.08 Å². The number of carbonyl (C=O) groups is 1. The molecule has 0 fully saturated rings. The predicted molar refractivity (Wildman–Crippen MR) is 43.9 cm³/mol. The van der Waals surface area contributed by atoms with Crippen LogP contribution in [-0.2, 0) is 4.79 Å². The van der Waals surface area contributed by atoms with Crippen LogP contribution in [0.25, 0.3) is 0 Å². The lowest BCUT2D eigenvalue weighted by atomic mass is 10.2. The van der Waals surface area contributed by atoms with Gasteiger partial charge >= 0.3 is 5.97 Å². The van der Waals surface area contributed by atoms with E-state index in [2.05, 4.69) is 9.24 Å². The van der Waals surface area contributed by atoms with Crippen LogP contribution < -0.4 is 5.73 Å². The molecule has 4 heteroatoms. The standard InChI is InChI=1S/C6H12NO2P/c1-4(3-10)2-5(7)6(8)9/h2,5H,3,7,10H2,1H3,(H,8,9). The number of carboxylic acids is 1. The second-order valence-electron chi connectivity index (χ2n) is 2.08. The molecule has 0 aliphatic carbocycles. The number of rotatable bonds is 3. The summed E-state index contributed by atoms with van der Waals surface area (Å²) in [5.41, 5.74) is 6.18. The summed E-state index contributed by atoms with van der Waals surface area (Å²) in [6, 6.07) is -0.861. The lowest BCUT2D eigenvalue weighted by molar-refractivity contribution is -0.137. The molecular weight excluding hydrogens is 149 g/mol. The van der Waals surface area contributed by atoms with Crippen molar-refractivity contribution in [3.8, 4) is 0 Å². The van der Waals surface area contributed by atoms with Crippen molar-refractivity contribution in [1.82, 2.24) is 0 Å². The van der Waals surface area contributed by atoms with E-state index in [0.29, 0.717) is 0 Å². The van der Waals surface area contributed by atoms with Gasteiger partial charge in [-0.05, 0) is 13.1 Å². The Morgan fingerprint density at radius 1 is 1.90 bits per heavy atom. The van der Waals surface area contributed by atoms with Crippen LogP contribution in [0.3, 0.4) is 0 Å². The zero-order valence-electron chi connectivity index (χ0n) is 5.87. The molecule has 0 rings (SSSR count). The third kappa shape index (κ3) is 3.59. The molecule has 0 saturated heterocycles. The summed E-state index contributed by atoms with van der Waals surface area (Å²) in [5.74, 6) is -0.988. The SMILES string of the molecule is CC(=CC(N)C(=O)O)CP. The lowest BCUT2D eigenvalue weighted by Gasteiger charge is -2.00. The minimum absolute atomic E-state index is 0.765. The first kappa shape index (κ1) is 9.60. The van der Waals surface area contributed by atoms with Gasteiger partial charge in [-0.2, -0.15) is 0 Å². The molecule has 0 radical (unpaired) electrons.